The standard InChI is InChI=1S/C18H23F5O3S/c1-14-2-5-15(6-3-14,7-4-14)16-8-10-17(11-9-16,13(20)12(16)19)26-27(24,25)18(21,22)23/h2-11H2,1H3. The van der Waals surface area contributed by atoms with Gasteiger partial charge in [-0.15, -0.1) is 0 Å². The molecule has 0 N–H and O–H groups in total. The third-order valence-corrected chi connectivity index (χ3v) is 9.22. The van der Waals surface area contributed by atoms with Gasteiger partial charge in [0.1, 0.15) is 11.4 Å². The molecule has 27 heavy (non-hydrogen) atoms. The normalized spacial score (nSPS) is 44.8. The van der Waals surface area contributed by atoms with E-state index in [-0.39, 0.29) is 36.5 Å². The summed E-state index contributed by atoms with van der Waals surface area (Å²) in [5, 5.41) is 0. The summed E-state index contributed by atoms with van der Waals surface area (Å²) in [5.41, 5.74) is -9.20. The minimum atomic E-state index is -6.01. The van der Waals surface area contributed by atoms with E-state index >= 15 is 4.39 Å². The predicted molar refractivity (Wildman–Crippen MR) is 87.2 cm³/mol. The Bertz CT molecular complexity index is 766. The van der Waals surface area contributed by atoms with Crippen molar-refractivity contribution >= 4 is 10.1 Å². The van der Waals surface area contributed by atoms with E-state index in [4.69, 9.17) is 0 Å². The maximum Gasteiger partial charge on any atom is 0.523 e. The molecule has 154 valence electrons. The molecule has 6 aliphatic rings. The average Bonchev–Trinajstić information content (AvgIpc) is 2.59. The van der Waals surface area contributed by atoms with Crippen LogP contribution < -0.4 is 0 Å². The minimum absolute atomic E-state index is 0.121. The predicted octanol–water partition coefficient (Wildman–Crippen LogP) is 5.68. The summed E-state index contributed by atoms with van der Waals surface area (Å²) in [6.07, 6.45) is 4.89. The van der Waals surface area contributed by atoms with Crippen LogP contribution in [0.4, 0.5) is 22.0 Å². The van der Waals surface area contributed by atoms with Gasteiger partial charge in [-0.2, -0.15) is 21.6 Å². The van der Waals surface area contributed by atoms with Crippen LogP contribution >= 0.6 is 0 Å². The molecule has 3 nitrogen and oxygen atoms in total. The molecule has 4 bridgehead atoms. The van der Waals surface area contributed by atoms with Gasteiger partial charge >= 0.3 is 15.6 Å². The van der Waals surface area contributed by atoms with Crippen LogP contribution in [0.5, 0.6) is 0 Å². The number of allylic oxidation sites excluding steroid dienone is 1. The molecule has 0 aromatic heterocycles. The summed E-state index contributed by atoms with van der Waals surface area (Å²) in [6.45, 7) is 2.21. The van der Waals surface area contributed by atoms with Crippen LogP contribution in [0.3, 0.4) is 0 Å². The molecule has 0 aliphatic heterocycles. The van der Waals surface area contributed by atoms with E-state index in [1.165, 1.54) is 0 Å². The van der Waals surface area contributed by atoms with Gasteiger partial charge in [0.15, 0.2) is 5.83 Å². The van der Waals surface area contributed by atoms with Crippen molar-refractivity contribution in [3.05, 3.63) is 11.7 Å². The quantitative estimate of drug-likeness (QED) is 0.339. The first-order chi connectivity index (χ1) is 12.3. The molecule has 4 saturated carbocycles. The van der Waals surface area contributed by atoms with E-state index in [0.29, 0.717) is 0 Å². The van der Waals surface area contributed by atoms with Crippen LogP contribution in [0.25, 0.3) is 0 Å². The fourth-order valence-electron chi connectivity index (χ4n) is 6.16. The van der Waals surface area contributed by atoms with Crippen LogP contribution in [0, 0.1) is 16.2 Å². The molecule has 0 atom stereocenters. The summed E-state index contributed by atoms with van der Waals surface area (Å²) < 4.78 is 95.6. The van der Waals surface area contributed by atoms with E-state index in [9.17, 15) is 26.0 Å². The topological polar surface area (TPSA) is 43.4 Å². The molecule has 6 aliphatic carbocycles. The Morgan fingerprint density at radius 2 is 1.30 bits per heavy atom. The van der Waals surface area contributed by atoms with Crippen molar-refractivity contribution in [1.29, 1.82) is 0 Å². The molecule has 0 unspecified atom stereocenters. The Balaban J connectivity index is 1.71. The second-order valence-corrected chi connectivity index (χ2v) is 10.8. The van der Waals surface area contributed by atoms with Gasteiger partial charge < -0.3 is 0 Å². The molecule has 4 fully saturated rings. The van der Waals surface area contributed by atoms with Crippen molar-refractivity contribution in [2.75, 3.05) is 0 Å². The van der Waals surface area contributed by atoms with E-state index < -0.39 is 38.3 Å². The monoisotopic (exact) mass is 414 g/mol. The number of rotatable bonds is 3. The molecular formula is C18H23F5O3S. The van der Waals surface area contributed by atoms with Gasteiger partial charge in [-0.05, 0) is 75.0 Å². The fraction of sp³-hybridized carbons (Fsp3) is 0.889. The fourth-order valence-corrected chi connectivity index (χ4v) is 6.92. The van der Waals surface area contributed by atoms with Crippen molar-refractivity contribution in [3.8, 4) is 0 Å². The van der Waals surface area contributed by atoms with E-state index in [2.05, 4.69) is 11.1 Å². The highest BCUT2D eigenvalue weighted by Gasteiger charge is 2.68. The number of fused-ring (bicyclic) bond motifs is 5. The highest BCUT2D eigenvalue weighted by molar-refractivity contribution is 7.87. The molecule has 9 heteroatoms. The molecule has 6 rings (SSSR count). The molecule has 0 aromatic carbocycles. The van der Waals surface area contributed by atoms with Gasteiger partial charge in [-0.25, -0.2) is 13.0 Å². The van der Waals surface area contributed by atoms with E-state index in [1.54, 1.807) is 0 Å². The molecule has 0 spiro atoms. The van der Waals surface area contributed by atoms with Crippen molar-refractivity contribution in [2.45, 2.75) is 82.2 Å². The lowest BCUT2D eigenvalue weighted by Crippen LogP contribution is -2.59. The smallest absolute Gasteiger partial charge is 0.249 e. The van der Waals surface area contributed by atoms with Crippen molar-refractivity contribution in [2.24, 2.45) is 16.2 Å². The summed E-state index contributed by atoms with van der Waals surface area (Å²) in [6, 6.07) is 0. The zero-order valence-corrected chi connectivity index (χ0v) is 15.9. The maximum atomic E-state index is 15.3. The maximum absolute atomic E-state index is 15.3. The Labute approximate surface area is 155 Å². The van der Waals surface area contributed by atoms with Crippen molar-refractivity contribution in [1.82, 2.24) is 0 Å². The second-order valence-electron chi connectivity index (χ2n) is 9.28. The molecule has 0 radical (unpaired) electrons. The third kappa shape index (κ3) is 2.49. The van der Waals surface area contributed by atoms with Gasteiger partial charge in [0.2, 0.25) is 0 Å². The summed E-state index contributed by atoms with van der Waals surface area (Å²) in [4.78, 5) is 0. The number of halogens is 5. The molecular weight excluding hydrogens is 391 g/mol. The highest BCUT2D eigenvalue weighted by Crippen LogP contribution is 2.72. The number of alkyl halides is 3. The first kappa shape index (κ1) is 19.6. The van der Waals surface area contributed by atoms with Crippen LogP contribution in [0.15, 0.2) is 11.7 Å². The van der Waals surface area contributed by atoms with Crippen molar-refractivity contribution in [3.63, 3.8) is 0 Å². The summed E-state index contributed by atoms with van der Waals surface area (Å²) in [7, 11) is -6.01. The van der Waals surface area contributed by atoms with Crippen LogP contribution in [-0.2, 0) is 14.3 Å². The lowest BCUT2D eigenvalue weighted by molar-refractivity contribution is -0.142. The van der Waals surface area contributed by atoms with Gasteiger partial charge in [0.05, 0.1) is 0 Å². The number of hydrogen-bond donors (Lipinski definition) is 0. The van der Waals surface area contributed by atoms with Gasteiger partial charge in [-0.1, -0.05) is 6.92 Å². The largest absolute Gasteiger partial charge is 0.523 e. The number of hydrogen-bond acceptors (Lipinski definition) is 3. The second kappa shape index (κ2) is 5.46. The molecule has 0 saturated heterocycles. The van der Waals surface area contributed by atoms with Crippen molar-refractivity contribution < 1.29 is 34.6 Å². The lowest BCUT2D eigenvalue weighted by Gasteiger charge is -2.64. The summed E-state index contributed by atoms with van der Waals surface area (Å²) in [5.74, 6) is -2.51. The lowest BCUT2D eigenvalue weighted by atomic mass is 9.41. The third-order valence-electron chi connectivity index (χ3n) is 8.11. The molecule has 0 heterocycles. The van der Waals surface area contributed by atoms with Crippen LogP contribution in [-0.4, -0.2) is 19.5 Å². The Morgan fingerprint density at radius 1 is 0.815 bits per heavy atom. The zero-order valence-electron chi connectivity index (χ0n) is 15.1. The Kier molecular flexibility index (Phi) is 3.97. The van der Waals surface area contributed by atoms with E-state index in [1.807, 2.05) is 0 Å². The van der Waals surface area contributed by atoms with Gasteiger partial charge in [-0.3, -0.25) is 0 Å². The van der Waals surface area contributed by atoms with Gasteiger partial charge in [0, 0.05) is 5.41 Å². The Hall–Kier alpha value is -0.700. The first-order valence-corrected chi connectivity index (χ1v) is 10.8. The van der Waals surface area contributed by atoms with E-state index in [0.717, 1.165) is 38.5 Å². The zero-order chi connectivity index (χ0) is 19.9. The molecule has 0 aromatic rings. The SMILES string of the molecule is CC12CCC(C34CCC(OS(=O)(=O)C(F)(F)F)(CC3)C(F)=C4F)(CC1)CC2. The van der Waals surface area contributed by atoms with Crippen LogP contribution in [0.1, 0.15) is 71.1 Å². The van der Waals surface area contributed by atoms with Gasteiger partial charge in [0.25, 0.3) is 0 Å². The average molecular weight is 414 g/mol. The highest BCUT2D eigenvalue weighted by atomic mass is 32.2. The molecule has 0 amide bonds. The first-order valence-electron chi connectivity index (χ1n) is 9.39. The van der Waals surface area contributed by atoms with Crippen LogP contribution in [0.2, 0.25) is 0 Å². The summed E-state index contributed by atoms with van der Waals surface area (Å²) >= 11 is 0. The Morgan fingerprint density at radius 3 is 1.74 bits per heavy atom. The minimum Gasteiger partial charge on any atom is -0.249 e.